The Morgan fingerprint density at radius 1 is 0.857 bits per heavy atom. The number of amides is 1. The van der Waals surface area contributed by atoms with Gasteiger partial charge >= 0.3 is 6.18 Å². The van der Waals surface area contributed by atoms with Gasteiger partial charge in [-0.05, 0) is 34.9 Å². The van der Waals surface area contributed by atoms with Gasteiger partial charge in [0.25, 0.3) is 5.91 Å². The molecular formula is C23H18F3NO. The highest BCUT2D eigenvalue weighted by atomic mass is 19.4. The fraction of sp³-hybridized carbons (Fsp3) is 0.0870. The molecule has 1 amide bonds. The maximum Gasteiger partial charge on any atom is 0.416 e. The molecule has 0 spiro atoms. The lowest BCUT2D eigenvalue weighted by Crippen LogP contribution is -2.24. The Morgan fingerprint density at radius 2 is 1.50 bits per heavy atom. The predicted octanol–water partition coefficient (Wildman–Crippen LogP) is 5.56. The van der Waals surface area contributed by atoms with Crippen LogP contribution in [0.1, 0.15) is 22.3 Å². The summed E-state index contributed by atoms with van der Waals surface area (Å²) in [5.41, 5.74) is 1.68. The van der Waals surface area contributed by atoms with E-state index in [0.29, 0.717) is 11.1 Å². The fourth-order valence-electron chi connectivity index (χ4n) is 2.75. The number of halogens is 3. The van der Waals surface area contributed by atoms with Crippen molar-refractivity contribution in [3.8, 4) is 0 Å². The Hall–Kier alpha value is -3.34. The van der Waals surface area contributed by atoms with Crippen molar-refractivity contribution >= 4 is 17.6 Å². The summed E-state index contributed by atoms with van der Waals surface area (Å²) in [5.74, 6) is -0.354. The number of alkyl halides is 3. The van der Waals surface area contributed by atoms with Crippen LogP contribution in [-0.4, -0.2) is 5.91 Å². The van der Waals surface area contributed by atoms with E-state index in [-0.39, 0.29) is 12.5 Å². The summed E-state index contributed by atoms with van der Waals surface area (Å²) in [6, 6.07) is 23.5. The smallest absolute Gasteiger partial charge is 0.348 e. The summed E-state index contributed by atoms with van der Waals surface area (Å²) in [7, 11) is 0. The summed E-state index contributed by atoms with van der Waals surface area (Å²) in [6.07, 6.45) is -2.65. The van der Waals surface area contributed by atoms with Crippen LogP contribution in [0, 0.1) is 0 Å². The minimum absolute atomic E-state index is 0.00170. The minimum atomic E-state index is -4.41. The molecule has 3 aromatic rings. The van der Waals surface area contributed by atoms with E-state index in [1.165, 1.54) is 6.07 Å². The second-order valence-electron chi connectivity index (χ2n) is 6.22. The van der Waals surface area contributed by atoms with Crippen molar-refractivity contribution in [2.24, 2.45) is 0 Å². The largest absolute Gasteiger partial charge is 0.416 e. The number of hydrogen-bond donors (Lipinski definition) is 1. The Kier molecular flexibility index (Phi) is 5.94. The maximum absolute atomic E-state index is 12.9. The topological polar surface area (TPSA) is 29.1 Å². The summed E-state index contributed by atoms with van der Waals surface area (Å²) in [6.45, 7) is 0.00170. The first kappa shape index (κ1) is 19.4. The summed E-state index contributed by atoms with van der Waals surface area (Å²) < 4.78 is 38.6. The number of rotatable bonds is 5. The Bertz CT molecular complexity index is 964. The van der Waals surface area contributed by atoms with Crippen LogP contribution in [0.5, 0.6) is 0 Å². The van der Waals surface area contributed by atoms with Gasteiger partial charge in [-0.3, -0.25) is 4.79 Å². The lowest BCUT2D eigenvalue weighted by atomic mass is 10.0. The van der Waals surface area contributed by atoms with Gasteiger partial charge in [0.15, 0.2) is 0 Å². The molecule has 0 radical (unpaired) electrons. The van der Waals surface area contributed by atoms with Gasteiger partial charge < -0.3 is 5.32 Å². The lowest BCUT2D eigenvalue weighted by molar-refractivity contribution is -0.137. The molecule has 0 aliphatic carbocycles. The molecule has 0 atom stereocenters. The third-order valence-electron chi connectivity index (χ3n) is 4.15. The quantitative estimate of drug-likeness (QED) is 0.455. The minimum Gasteiger partial charge on any atom is -0.348 e. The first-order valence-electron chi connectivity index (χ1n) is 8.70. The van der Waals surface area contributed by atoms with Gasteiger partial charge in [0.2, 0.25) is 0 Å². The van der Waals surface area contributed by atoms with Crippen molar-refractivity contribution in [2.75, 3.05) is 0 Å². The van der Waals surface area contributed by atoms with Crippen LogP contribution < -0.4 is 5.32 Å². The third-order valence-corrected chi connectivity index (χ3v) is 4.15. The van der Waals surface area contributed by atoms with Gasteiger partial charge in [-0.15, -0.1) is 0 Å². The first-order chi connectivity index (χ1) is 13.4. The van der Waals surface area contributed by atoms with Crippen LogP contribution >= 0.6 is 0 Å². The molecule has 0 heterocycles. The second-order valence-corrected chi connectivity index (χ2v) is 6.22. The lowest BCUT2D eigenvalue weighted by Gasteiger charge is -2.12. The molecule has 0 aliphatic heterocycles. The van der Waals surface area contributed by atoms with Crippen molar-refractivity contribution in [3.63, 3.8) is 0 Å². The summed E-state index contributed by atoms with van der Waals surface area (Å²) in [5, 5.41) is 2.72. The standard InChI is InChI=1S/C23H18F3NO/c24-23(25,26)20-13-7-10-18(14-20)16-27-22(28)21(19-11-5-2-6-12-19)15-17-8-3-1-4-9-17/h1-15H,16H2,(H,27,28)/b21-15+. The Labute approximate surface area is 161 Å². The molecule has 0 unspecified atom stereocenters. The molecule has 0 fully saturated rings. The van der Waals surface area contributed by atoms with Crippen molar-refractivity contribution in [3.05, 3.63) is 107 Å². The zero-order valence-electron chi connectivity index (χ0n) is 14.9. The number of benzene rings is 3. The zero-order valence-corrected chi connectivity index (χ0v) is 14.9. The molecule has 0 aromatic heterocycles. The Balaban J connectivity index is 1.82. The molecule has 142 valence electrons. The van der Waals surface area contributed by atoms with E-state index in [2.05, 4.69) is 5.32 Å². The molecule has 28 heavy (non-hydrogen) atoms. The highest BCUT2D eigenvalue weighted by Crippen LogP contribution is 2.29. The van der Waals surface area contributed by atoms with Crippen LogP contribution in [0.25, 0.3) is 11.6 Å². The maximum atomic E-state index is 12.9. The van der Waals surface area contributed by atoms with Crippen LogP contribution in [0.15, 0.2) is 84.9 Å². The van der Waals surface area contributed by atoms with Crippen LogP contribution in [0.4, 0.5) is 13.2 Å². The van der Waals surface area contributed by atoms with Gasteiger partial charge in [-0.1, -0.05) is 72.8 Å². The number of hydrogen-bond acceptors (Lipinski definition) is 1. The van der Waals surface area contributed by atoms with Gasteiger partial charge in [0.1, 0.15) is 0 Å². The molecule has 0 saturated heterocycles. The zero-order chi connectivity index (χ0) is 20.0. The van der Waals surface area contributed by atoms with Crippen molar-refractivity contribution < 1.29 is 18.0 Å². The van der Waals surface area contributed by atoms with Crippen molar-refractivity contribution in [2.45, 2.75) is 12.7 Å². The van der Waals surface area contributed by atoms with Crippen LogP contribution in [0.3, 0.4) is 0 Å². The molecule has 3 rings (SSSR count). The SMILES string of the molecule is O=C(NCc1cccc(C(F)(F)F)c1)/C(=C/c1ccccc1)c1ccccc1. The van der Waals surface area contributed by atoms with Gasteiger partial charge in [0, 0.05) is 12.1 Å². The number of carbonyl (C=O) groups is 1. The van der Waals surface area contributed by atoms with E-state index in [4.69, 9.17) is 0 Å². The normalized spacial score (nSPS) is 11.9. The molecule has 2 nitrogen and oxygen atoms in total. The van der Waals surface area contributed by atoms with Gasteiger partial charge in [-0.2, -0.15) is 13.2 Å². The molecule has 0 bridgehead atoms. The van der Waals surface area contributed by atoms with E-state index in [1.54, 1.807) is 12.1 Å². The molecule has 1 N–H and O–H groups in total. The first-order valence-corrected chi connectivity index (χ1v) is 8.70. The molecule has 5 heteroatoms. The highest BCUT2D eigenvalue weighted by Gasteiger charge is 2.30. The average Bonchev–Trinajstić information content (AvgIpc) is 2.71. The Morgan fingerprint density at radius 3 is 2.14 bits per heavy atom. The van der Waals surface area contributed by atoms with E-state index in [1.807, 2.05) is 60.7 Å². The second kappa shape index (κ2) is 8.57. The number of nitrogens with one attached hydrogen (secondary N) is 1. The van der Waals surface area contributed by atoms with Crippen molar-refractivity contribution in [1.82, 2.24) is 5.32 Å². The molecule has 3 aromatic carbocycles. The van der Waals surface area contributed by atoms with Gasteiger partial charge in [-0.25, -0.2) is 0 Å². The van der Waals surface area contributed by atoms with Crippen LogP contribution in [-0.2, 0) is 17.5 Å². The molecular weight excluding hydrogens is 363 g/mol. The summed E-state index contributed by atoms with van der Waals surface area (Å²) >= 11 is 0. The van der Waals surface area contributed by atoms with Crippen molar-refractivity contribution in [1.29, 1.82) is 0 Å². The third kappa shape index (κ3) is 5.10. The number of carbonyl (C=O) groups excluding carboxylic acids is 1. The molecule has 0 saturated carbocycles. The molecule has 0 aliphatic rings. The van der Waals surface area contributed by atoms with Crippen LogP contribution in [0.2, 0.25) is 0 Å². The van der Waals surface area contributed by atoms with E-state index < -0.39 is 11.7 Å². The van der Waals surface area contributed by atoms with Gasteiger partial charge in [0.05, 0.1) is 5.56 Å². The predicted molar refractivity (Wildman–Crippen MR) is 104 cm³/mol. The average molecular weight is 381 g/mol. The van der Waals surface area contributed by atoms with E-state index >= 15 is 0 Å². The summed E-state index contributed by atoms with van der Waals surface area (Å²) in [4.78, 5) is 12.8. The monoisotopic (exact) mass is 381 g/mol. The van der Waals surface area contributed by atoms with E-state index in [0.717, 1.165) is 23.3 Å². The highest BCUT2D eigenvalue weighted by molar-refractivity contribution is 6.24. The van der Waals surface area contributed by atoms with E-state index in [9.17, 15) is 18.0 Å². The fourth-order valence-corrected chi connectivity index (χ4v) is 2.75.